The van der Waals surface area contributed by atoms with Crippen molar-refractivity contribution in [1.29, 1.82) is 0 Å². The topological polar surface area (TPSA) is 229 Å². The van der Waals surface area contributed by atoms with Crippen molar-refractivity contribution < 1.29 is 66.8 Å². The minimum Gasteiger partial charge on any atom is -0.468 e. The second-order valence-electron chi connectivity index (χ2n) is 17.3. The van der Waals surface area contributed by atoms with Gasteiger partial charge in [0.1, 0.15) is 38.0 Å². The van der Waals surface area contributed by atoms with Gasteiger partial charge in [-0.1, -0.05) is 78.9 Å². The minimum absolute atomic E-state index is 0.00741. The molecule has 0 spiro atoms. The van der Waals surface area contributed by atoms with Gasteiger partial charge in [-0.3, -0.25) is 28.8 Å². The maximum atomic E-state index is 13.8. The van der Waals surface area contributed by atoms with Crippen LogP contribution in [0.5, 0.6) is 0 Å². The third-order valence-corrected chi connectivity index (χ3v) is 11.8. The number of likely N-dealkylation sites (N-methyl/N-ethyl adjacent to an activating group) is 4. The summed E-state index contributed by atoms with van der Waals surface area (Å²) in [6.45, 7) is 1.64. The molecule has 364 valence electrons. The maximum absolute atomic E-state index is 13.8. The number of nitrogens with zero attached hydrogens (tertiary/aromatic N) is 4. The molecule has 0 radical (unpaired) electrons. The van der Waals surface area contributed by atoms with Crippen LogP contribution in [0.2, 0.25) is 0 Å². The van der Waals surface area contributed by atoms with E-state index in [4.69, 9.17) is 23.7 Å². The highest BCUT2D eigenvalue weighted by molar-refractivity contribution is 5.91. The Balaban J connectivity index is 1.04. The van der Waals surface area contributed by atoms with Crippen LogP contribution >= 0.6 is 0 Å². The molecule has 20 nitrogen and oxygen atoms in total. The number of fused-ring (bicyclic) bond motifs is 4. The van der Waals surface area contributed by atoms with E-state index in [0.29, 0.717) is 5.56 Å². The smallest absolute Gasteiger partial charge is 0.407 e. The molecule has 20 heteroatoms. The molecule has 2 fully saturated rings. The number of amides is 6. The number of hydrogen-bond acceptors (Lipinski definition) is 14. The van der Waals surface area contributed by atoms with Crippen LogP contribution in [0.15, 0.2) is 78.9 Å². The molecule has 0 saturated carbocycles. The number of hydrogen-bond donors (Lipinski definition) is 2. The van der Waals surface area contributed by atoms with Crippen LogP contribution in [0, 0.1) is 0 Å². The van der Waals surface area contributed by atoms with Crippen molar-refractivity contribution in [3.05, 3.63) is 95.6 Å². The highest BCUT2D eigenvalue weighted by Gasteiger charge is 2.58. The normalized spacial score (nSPS) is 19.0. The zero-order valence-electron chi connectivity index (χ0n) is 39.1. The number of benzene rings is 3. The summed E-state index contributed by atoms with van der Waals surface area (Å²) in [5, 5.41) is 5.31. The van der Waals surface area contributed by atoms with Gasteiger partial charge in [0.05, 0.1) is 26.7 Å². The van der Waals surface area contributed by atoms with E-state index >= 15 is 0 Å². The average Bonchev–Trinajstić information content (AvgIpc) is 3.93. The lowest BCUT2D eigenvalue weighted by Crippen LogP contribution is -2.49. The molecule has 1 aliphatic carbocycles. The van der Waals surface area contributed by atoms with Crippen molar-refractivity contribution in [3.63, 3.8) is 0 Å². The van der Waals surface area contributed by atoms with Gasteiger partial charge < -0.3 is 58.7 Å². The van der Waals surface area contributed by atoms with Gasteiger partial charge in [-0.2, -0.15) is 0 Å². The van der Waals surface area contributed by atoms with E-state index in [9.17, 15) is 38.4 Å². The third-order valence-electron chi connectivity index (χ3n) is 11.8. The van der Waals surface area contributed by atoms with E-state index in [2.05, 4.69) is 15.4 Å². The molecular formula is C48H58N6O14. The van der Waals surface area contributed by atoms with Crippen molar-refractivity contribution in [3.8, 4) is 11.1 Å². The predicted molar refractivity (Wildman–Crippen MR) is 241 cm³/mol. The standard InChI is InChI=1S/C48H58N6O14/c1-48(2)67-41-42(68-48)44(66-43(41)45(60)54(6)25-39(58)52(4)23-37(56)51(3)24-38(57)53(5)26-40(59)63-7)50-36(55)22-21-35(46(61)64-27-29-15-9-8-10-16-29)49-47(62)65-28-34-32-19-13-11-17-30(32)31-18-12-14-20-33(31)34/h8-20,34-35,41-44H,21-28H2,1-7H3,(H,49,62)(H,50,55)/t35-,41-,42+,43?,44+/m0/s1. The van der Waals surface area contributed by atoms with E-state index in [0.717, 1.165) is 41.9 Å². The summed E-state index contributed by atoms with van der Waals surface area (Å²) in [6, 6.07) is 23.4. The van der Waals surface area contributed by atoms with Crippen LogP contribution in [0.1, 0.15) is 49.3 Å². The summed E-state index contributed by atoms with van der Waals surface area (Å²) in [5.74, 6) is -5.82. The molecule has 1 unspecified atom stereocenters. The molecule has 2 N–H and O–H groups in total. The van der Waals surface area contributed by atoms with E-state index in [1.54, 1.807) is 38.1 Å². The Morgan fingerprint density at radius 3 is 1.79 bits per heavy atom. The lowest BCUT2D eigenvalue weighted by Gasteiger charge is -2.28. The highest BCUT2D eigenvalue weighted by atomic mass is 16.8. The van der Waals surface area contributed by atoms with Crippen molar-refractivity contribution in [2.75, 3.05) is 68.1 Å². The molecule has 2 aliphatic heterocycles. The summed E-state index contributed by atoms with van der Waals surface area (Å²) in [7, 11) is 6.68. The lowest BCUT2D eigenvalue weighted by molar-refractivity contribution is -0.195. The van der Waals surface area contributed by atoms with Gasteiger partial charge in [0.15, 0.2) is 18.1 Å². The maximum Gasteiger partial charge on any atom is 0.407 e. The number of ether oxygens (including phenoxy) is 6. The van der Waals surface area contributed by atoms with Gasteiger partial charge in [0.2, 0.25) is 23.6 Å². The Kier molecular flexibility index (Phi) is 16.5. The molecule has 2 saturated heterocycles. The fraction of sp³-hybridized carbons (Fsp3) is 0.458. The quantitative estimate of drug-likeness (QED) is 0.129. The van der Waals surface area contributed by atoms with Crippen LogP contribution < -0.4 is 10.6 Å². The van der Waals surface area contributed by atoms with Gasteiger partial charge in [-0.15, -0.1) is 0 Å². The Morgan fingerprint density at radius 1 is 0.676 bits per heavy atom. The van der Waals surface area contributed by atoms with Crippen LogP contribution in [-0.2, 0) is 68.6 Å². The summed E-state index contributed by atoms with van der Waals surface area (Å²) in [4.78, 5) is 109. The molecule has 6 rings (SSSR count). The molecular weight excluding hydrogens is 885 g/mol. The predicted octanol–water partition coefficient (Wildman–Crippen LogP) is 1.79. The Bertz CT molecular complexity index is 2320. The first-order chi connectivity index (χ1) is 32.3. The molecule has 2 heterocycles. The third kappa shape index (κ3) is 12.5. The molecule has 6 amide bonds. The number of esters is 2. The summed E-state index contributed by atoms with van der Waals surface area (Å²) in [5.41, 5.74) is 4.83. The van der Waals surface area contributed by atoms with Crippen LogP contribution in [0.4, 0.5) is 4.79 Å². The monoisotopic (exact) mass is 942 g/mol. The number of alkyl carbamates (subject to hydrolysis) is 1. The first kappa shape index (κ1) is 50.5. The van der Waals surface area contributed by atoms with Crippen LogP contribution in [0.25, 0.3) is 11.1 Å². The number of carbonyl (C=O) groups excluding carboxylic acids is 8. The van der Waals surface area contributed by atoms with Crippen molar-refractivity contribution in [2.24, 2.45) is 0 Å². The summed E-state index contributed by atoms with van der Waals surface area (Å²) >= 11 is 0. The average molecular weight is 943 g/mol. The number of rotatable bonds is 19. The van der Waals surface area contributed by atoms with Gasteiger partial charge in [-0.25, -0.2) is 9.59 Å². The fourth-order valence-corrected chi connectivity index (χ4v) is 8.07. The lowest BCUT2D eigenvalue weighted by atomic mass is 9.98. The van der Waals surface area contributed by atoms with Crippen molar-refractivity contribution >= 4 is 47.6 Å². The molecule has 3 aromatic rings. The Hall–Kier alpha value is -6.90. The molecule has 3 aromatic carbocycles. The van der Waals surface area contributed by atoms with Crippen molar-refractivity contribution in [1.82, 2.24) is 30.2 Å². The van der Waals surface area contributed by atoms with Gasteiger partial charge in [0, 0.05) is 40.5 Å². The van der Waals surface area contributed by atoms with Crippen LogP contribution in [-0.4, -0.2) is 172 Å². The number of nitrogens with one attached hydrogen (secondary N) is 2. The first-order valence-corrected chi connectivity index (χ1v) is 22.0. The van der Waals surface area contributed by atoms with Crippen LogP contribution in [0.3, 0.4) is 0 Å². The van der Waals surface area contributed by atoms with Crippen molar-refractivity contribution in [2.45, 2.75) is 75.6 Å². The second kappa shape index (κ2) is 22.3. The zero-order chi connectivity index (χ0) is 49.3. The minimum atomic E-state index is -1.33. The largest absolute Gasteiger partial charge is 0.468 e. The van der Waals surface area contributed by atoms with E-state index in [1.807, 2.05) is 54.6 Å². The Morgan fingerprint density at radius 2 is 1.21 bits per heavy atom. The highest BCUT2D eigenvalue weighted by Crippen LogP contribution is 2.44. The Labute approximate surface area is 394 Å². The molecule has 68 heavy (non-hydrogen) atoms. The SMILES string of the molecule is COC(=O)CN(C)C(=O)CN(C)C(=O)CN(C)C(=O)CN(C)C(=O)C1O[C@@H](NC(=O)CC[C@H](NC(=O)OCC2c3ccccc3-c3ccccc32)C(=O)OCc2ccccc2)[C@@H]2OC(C)(C)O[C@H]12. The van der Waals surface area contributed by atoms with Gasteiger partial charge in [-0.05, 0) is 48.1 Å². The summed E-state index contributed by atoms with van der Waals surface area (Å²) < 4.78 is 34.0. The number of carbonyl (C=O) groups is 8. The summed E-state index contributed by atoms with van der Waals surface area (Å²) in [6.07, 6.45) is -5.86. The first-order valence-electron chi connectivity index (χ1n) is 22.0. The number of methoxy groups -OCH3 is 1. The van der Waals surface area contributed by atoms with Gasteiger partial charge >= 0.3 is 18.0 Å². The van der Waals surface area contributed by atoms with E-state index < -0.39 is 97.0 Å². The van der Waals surface area contributed by atoms with E-state index in [-0.39, 0.29) is 45.1 Å². The van der Waals surface area contributed by atoms with Gasteiger partial charge in [0.25, 0.3) is 5.91 Å². The van der Waals surface area contributed by atoms with E-state index in [1.165, 1.54) is 35.3 Å². The zero-order valence-corrected chi connectivity index (χ0v) is 39.1. The molecule has 0 aromatic heterocycles. The molecule has 5 atom stereocenters. The second-order valence-corrected chi connectivity index (χ2v) is 17.3. The molecule has 0 bridgehead atoms. The molecule has 3 aliphatic rings. The fourth-order valence-electron chi connectivity index (χ4n) is 8.07.